The Balaban J connectivity index is 1.57. The first-order valence-corrected chi connectivity index (χ1v) is 8.47. The van der Waals surface area contributed by atoms with Gasteiger partial charge in [-0.15, -0.1) is 0 Å². The number of nitrogens with zero attached hydrogens (tertiary/aromatic N) is 2. The van der Waals surface area contributed by atoms with Crippen molar-refractivity contribution in [2.75, 3.05) is 39.3 Å². The molecule has 5 heteroatoms. The SMILES string of the molecule is O=C(CN1CCCCC1)N1CCOC(c2ccc(Cl)cc2)C1. The fourth-order valence-electron chi connectivity index (χ4n) is 3.16. The van der Waals surface area contributed by atoms with Gasteiger partial charge in [-0.2, -0.15) is 0 Å². The molecule has 0 N–H and O–H groups in total. The summed E-state index contributed by atoms with van der Waals surface area (Å²) in [5.74, 6) is 0.226. The van der Waals surface area contributed by atoms with Gasteiger partial charge in [-0.1, -0.05) is 30.2 Å². The number of piperidine rings is 1. The Bertz CT molecular complexity index is 500. The molecule has 0 saturated carbocycles. The van der Waals surface area contributed by atoms with Crippen LogP contribution in [0.15, 0.2) is 24.3 Å². The van der Waals surface area contributed by atoms with Gasteiger partial charge in [0.05, 0.1) is 19.7 Å². The molecule has 2 saturated heterocycles. The second-order valence-corrected chi connectivity index (χ2v) is 6.52. The number of likely N-dealkylation sites (tertiary alicyclic amines) is 1. The first-order chi connectivity index (χ1) is 10.7. The number of benzene rings is 1. The van der Waals surface area contributed by atoms with E-state index in [9.17, 15) is 4.79 Å². The summed E-state index contributed by atoms with van der Waals surface area (Å²) in [4.78, 5) is 16.7. The topological polar surface area (TPSA) is 32.8 Å². The Labute approximate surface area is 137 Å². The van der Waals surface area contributed by atoms with Crippen molar-refractivity contribution in [3.05, 3.63) is 34.9 Å². The molecule has 0 spiro atoms. The maximum absolute atomic E-state index is 12.5. The average Bonchev–Trinajstić information content (AvgIpc) is 2.56. The lowest BCUT2D eigenvalue weighted by atomic mass is 10.1. The van der Waals surface area contributed by atoms with Gasteiger partial charge in [0.15, 0.2) is 0 Å². The van der Waals surface area contributed by atoms with Crippen molar-refractivity contribution in [2.24, 2.45) is 0 Å². The van der Waals surface area contributed by atoms with Crippen LogP contribution in [-0.4, -0.2) is 55.0 Å². The Hall–Kier alpha value is -1.10. The van der Waals surface area contributed by atoms with Gasteiger partial charge in [0.1, 0.15) is 6.10 Å². The predicted molar refractivity (Wildman–Crippen MR) is 87.0 cm³/mol. The highest BCUT2D eigenvalue weighted by Gasteiger charge is 2.26. The van der Waals surface area contributed by atoms with Crippen molar-refractivity contribution in [2.45, 2.75) is 25.4 Å². The third-order valence-electron chi connectivity index (χ3n) is 4.47. The van der Waals surface area contributed by atoms with Crippen LogP contribution in [-0.2, 0) is 9.53 Å². The summed E-state index contributed by atoms with van der Waals surface area (Å²) in [5, 5.41) is 0.720. The molecule has 1 amide bonds. The molecule has 1 aromatic rings. The Morgan fingerprint density at radius 2 is 1.86 bits per heavy atom. The number of amides is 1. The predicted octanol–water partition coefficient (Wildman–Crippen LogP) is 2.73. The van der Waals surface area contributed by atoms with Crippen LogP contribution in [0.4, 0.5) is 0 Å². The van der Waals surface area contributed by atoms with E-state index in [0.717, 1.165) is 23.7 Å². The molecule has 0 aliphatic carbocycles. The van der Waals surface area contributed by atoms with E-state index in [0.29, 0.717) is 26.2 Å². The van der Waals surface area contributed by atoms with E-state index in [2.05, 4.69) is 4.90 Å². The van der Waals surface area contributed by atoms with E-state index < -0.39 is 0 Å². The second-order valence-electron chi connectivity index (χ2n) is 6.09. The van der Waals surface area contributed by atoms with Crippen LogP contribution in [0.1, 0.15) is 30.9 Å². The van der Waals surface area contributed by atoms with Crippen LogP contribution in [0.2, 0.25) is 5.02 Å². The van der Waals surface area contributed by atoms with Crippen molar-refractivity contribution in [3.63, 3.8) is 0 Å². The maximum Gasteiger partial charge on any atom is 0.236 e. The lowest BCUT2D eigenvalue weighted by Gasteiger charge is -2.35. The summed E-state index contributed by atoms with van der Waals surface area (Å²) >= 11 is 5.93. The Morgan fingerprint density at radius 3 is 2.59 bits per heavy atom. The molecule has 22 heavy (non-hydrogen) atoms. The third-order valence-corrected chi connectivity index (χ3v) is 4.72. The summed E-state index contributed by atoms with van der Waals surface area (Å²) in [6.07, 6.45) is 3.67. The van der Waals surface area contributed by atoms with E-state index >= 15 is 0 Å². The molecular weight excluding hydrogens is 300 g/mol. The minimum atomic E-state index is -0.0451. The second kappa shape index (κ2) is 7.44. The molecule has 1 atom stereocenters. The zero-order valence-corrected chi connectivity index (χ0v) is 13.6. The van der Waals surface area contributed by atoms with Gasteiger partial charge in [0.25, 0.3) is 0 Å². The molecule has 0 radical (unpaired) electrons. The minimum absolute atomic E-state index is 0.0451. The molecule has 2 aliphatic heterocycles. The Morgan fingerprint density at radius 1 is 1.14 bits per heavy atom. The van der Waals surface area contributed by atoms with Gasteiger partial charge in [0.2, 0.25) is 5.91 Å². The minimum Gasteiger partial charge on any atom is -0.370 e. The summed E-state index contributed by atoms with van der Waals surface area (Å²) < 4.78 is 5.82. The van der Waals surface area contributed by atoms with Crippen molar-refractivity contribution in [1.82, 2.24) is 9.80 Å². The van der Waals surface area contributed by atoms with E-state index in [-0.39, 0.29) is 12.0 Å². The highest BCUT2D eigenvalue weighted by Crippen LogP contribution is 2.24. The highest BCUT2D eigenvalue weighted by molar-refractivity contribution is 6.30. The number of hydrogen-bond acceptors (Lipinski definition) is 3. The zero-order chi connectivity index (χ0) is 15.4. The van der Waals surface area contributed by atoms with E-state index in [1.165, 1.54) is 19.3 Å². The van der Waals surface area contributed by atoms with Crippen LogP contribution in [0.5, 0.6) is 0 Å². The van der Waals surface area contributed by atoms with E-state index in [4.69, 9.17) is 16.3 Å². The van der Waals surface area contributed by atoms with Crippen molar-refractivity contribution < 1.29 is 9.53 Å². The summed E-state index contributed by atoms with van der Waals surface area (Å²) in [5.41, 5.74) is 1.08. The number of rotatable bonds is 3. The molecule has 0 aromatic heterocycles. The molecule has 1 aromatic carbocycles. The smallest absolute Gasteiger partial charge is 0.236 e. The standard InChI is InChI=1S/C17H23ClN2O2/c18-15-6-4-14(5-7-15)16-12-20(10-11-22-16)17(21)13-19-8-2-1-3-9-19/h4-7,16H,1-3,8-13H2. The zero-order valence-electron chi connectivity index (χ0n) is 12.8. The van der Waals surface area contributed by atoms with E-state index in [1.807, 2.05) is 29.2 Å². The molecule has 1 unspecified atom stereocenters. The quantitative estimate of drug-likeness (QED) is 0.858. The Kier molecular flexibility index (Phi) is 5.34. The first kappa shape index (κ1) is 15.8. The first-order valence-electron chi connectivity index (χ1n) is 8.09. The molecule has 4 nitrogen and oxygen atoms in total. The highest BCUT2D eigenvalue weighted by atomic mass is 35.5. The van der Waals surface area contributed by atoms with Crippen LogP contribution in [0, 0.1) is 0 Å². The van der Waals surface area contributed by atoms with Crippen molar-refractivity contribution >= 4 is 17.5 Å². The van der Waals surface area contributed by atoms with Crippen LogP contribution < -0.4 is 0 Å². The normalized spacial score (nSPS) is 23.5. The van der Waals surface area contributed by atoms with Gasteiger partial charge in [-0.05, 0) is 43.6 Å². The molecule has 2 aliphatic rings. The number of ether oxygens (including phenoxy) is 1. The number of hydrogen-bond donors (Lipinski definition) is 0. The number of morpholine rings is 1. The summed E-state index contributed by atoms with van der Waals surface area (Å²) in [6, 6.07) is 7.70. The van der Waals surface area contributed by atoms with Gasteiger partial charge >= 0.3 is 0 Å². The average molecular weight is 323 g/mol. The van der Waals surface area contributed by atoms with Crippen LogP contribution >= 0.6 is 11.6 Å². The number of halogens is 1. The van der Waals surface area contributed by atoms with Gasteiger partial charge in [0, 0.05) is 11.6 Å². The molecule has 3 rings (SSSR count). The third kappa shape index (κ3) is 4.00. The molecule has 2 heterocycles. The fourth-order valence-corrected chi connectivity index (χ4v) is 3.29. The molecular formula is C17H23ClN2O2. The van der Waals surface area contributed by atoms with Gasteiger partial charge < -0.3 is 9.64 Å². The molecule has 2 fully saturated rings. The lowest BCUT2D eigenvalue weighted by molar-refractivity contribution is -0.140. The summed E-state index contributed by atoms with van der Waals surface area (Å²) in [7, 11) is 0. The molecule has 0 bridgehead atoms. The lowest BCUT2D eigenvalue weighted by Crippen LogP contribution is -2.47. The molecule has 120 valence electrons. The van der Waals surface area contributed by atoms with Crippen LogP contribution in [0.3, 0.4) is 0 Å². The van der Waals surface area contributed by atoms with Crippen LogP contribution in [0.25, 0.3) is 0 Å². The largest absolute Gasteiger partial charge is 0.370 e. The fraction of sp³-hybridized carbons (Fsp3) is 0.588. The van der Waals surface area contributed by atoms with Crippen molar-refractivity contribution in [3.8, 4) is 0 Å². The number of carbonyl (C=O) groups excluding carboxylic acids is 1. The van der Waals surface area contributed by atoms with Gasteiger partial charge in [-0.3, -0.25) is 9.69 Å². The van der Waals surface area contributed by atoms with Crippen molar-refractivity contribution in [1.29, 1.82) is 0 Å². The number of carbonyl (C=O) groups is 1. The monoisotopic (exact) mass is 322 g/mol. The maximum atomic E-state index is 12.5. The van der Waals surface area contributed by atoms with Gasteiger partial charge in [-0.25, -0.2) is 0 Å². The summed E-state index contributed by atoms with van der Waals surface area (Å²) in [6.45, 7) is 4.57. The van der Waals surface area contributed by atoms with E-state index in [1.54, 1.807) is 0 Å².